The second kappa shape index (κ2) is 10.1. The third kappa shape index (κ3) is 8.01. The molecule has 1 atom stereocenters. The first-order chi connectivity index (χ1) is 9.84. The van der Waals surface area contributed by atoms with E-state index in [2.05, 4.69) is 19.2 Å². The molecule has 0 spiro atoms. The Labute approximate surface area is 143 Å². The Balaban J connectivity index is 0.00000441. The minimum absolute atomic E-state index is 0. The van der Waals surface area contributed by atoms with Gasteiger partial charge >= 0.3 is 0 Å². The van der Waals surface area contributed by atoms with Gasteiger partial charge in [0, 0.05) is 29.2 Å². The zero-order valence-electron chi connectivity index (χ0n) is 13.4. The van der Waals surface area contributed by atoms with Gasteiger partial charge in [0.15, 0.2) is 0 Å². The molecule has 0 saturated carbocycles. The third-order valence-corrected chi connectivity index (χ3v) is 4.18. The van der Waals surface area contributed by atoms with E-state index in [1.54, 1.807) is 23.9 Å². The van der Waals surface area contributed by atoms with Crippen molar-refractivity contribution in [3.05, 3.63) is 30.1 Å². The Kier molecular flexibility index (Phi) is 9.72. The predicted molar refractivity (Wildman–Crippen MR) is 94.0 cm³/mol. The van der Waals surface area contributed by atoms with Gasteiger partial charge in [-0.25, -0.2) is 4.39 Å². The molecule has 0 fully saturated rings. The maximum Gasteiger partial charge on any atom is 0.221 e. The summed E-state index contributed by atoms with van der Waals surface area (Å²) >= 11 is 1.55. The Morgan fingerprint density at radius 1 is 1.36 bits per heavy atom. The lowest BCUT2D eigenvalue weighted by atomic mass is 9.90. The number of halogens is 2. The number of amides is 1. The van der Waals surface area contributed by atoms with Gasteiger partial charge in [-0.2, -0.15) is 0 Å². The Morgan fingerprint density at radius 2 is 1.95 bits per heavy atom. The Hall–Kier alpha value is -0.780. The molecule has 3 nitrogen and oxygen atoms in total. The SMILES string of the molecule is CC(C)CC(C)(CN)NC(=O)CCSc1ccc(F)cc1.Cl. The number of nitrogens with one attached hydrogen (secondary N) is 1. The van der Waals surface area contributed by atoms with Crippen molar-refractivity contribution in [3.8, 4) is 0 Å². The number of hydrogen-bond acceptors (Lipinski definition) is 3. The highest BCUT2D eigenvalue weighted by molar-refractivity contribution is 7.99. The summed E-state index contributed by atoms with van der Waals surface area (Å²) in [7, 11) is 0. The van der Waals surface area contributed by atoms with E-state index in [9.17, 15) is 9.18 Å². The average Bonchev–Trinajstić information content (AvgIpc) is 2.40. The standard InChI is InChI=1S/C16H25FN2OS.ClH/c1-12(2)10-16(3,11-18)19-15(20)8-9-21-14-6-4-13(17)5-7-14;/h4-7,12H,8-11,18H2,1-3H3,(H,19,20);1H. The van der Waals surface area contributed by atoms with Crippen LogP contribution in [0.3, 0.4) is 0 Å². The molecule has 1 amide bonds. The highest BCUT2D eigenvalue weighted by Crippen LogP contribution is 2.20. The fourth-order valence-corrected chi connectivity index (χ4v) is 3.13. The van der Waals surface area contributed by atoms with Gasteiger partial charge < -0.3 is 11.1 Å². The number of hydrogen-bond donors (Lipinski definition) is 2. The van der Waals surface area contributed by atoms with E-state index in [4.69, 9.17) is 5.73 Å². The molecule has 1 aromatic rings. The van der Waals surface area contributed by atoms with Crippen molar-refractivity contribution in [2.24, 2.45) is 11.7 Å². The second-order valence-corrected chi connectivity index (χ2v) is 7.13. The van der Waals surface area contributed by atoms with Crippen LogP contribution >= 0.6 is 24.2 Å². The third-order valence-electron chi connectivity index (χ3n) is 3.16. The first-order valence-corrected chi connectivity index (χ1v) is 8.22. The number of rotatable bonds is 8. The van der Waals surface area contributed by atoms with Crippen molar-refractivity contribution in [3.63, 3.8) is 0 Å². The Bertz CT molecular complexity index is 456. The number of benzene rings is 1. The molecule has 126 valence electrons. The largest absolute Gasteiger partial charge is 0.350 e. The predicted octanol–water partition coefficient (Wildman–Crippen LogP) is 3.61. The van der Waals surface area contributed by atoms with Crippen molar-refractivity contribution in [2.75, 3.05) is 12.3 Å². The van der Waals surface area contributed by atoms with Crippen molar-refractivity contribution in [1.29, 1.82) is 0 Å². The van der Waals surface area contributed by atoms with E-state index in [0.29, 0.717) is 24.6 Å². The molecule has 0 aromatic heterocycles. The summed E-state index contributed by atoms with van der Waals surface area (Å²) in [5, 5.41) is 3.03. The molecular formula is C16H26ClFN2OS. The van der Waals surface area contributed by atoms with Gasteiger partial charge in [-0.1, -0.05) is 13.8 Å². The van der Waals surface area contributed by atoms with Gasteiger partial charge in [0.1, 0.15) is 5.82 Å². The fraction of sp³-hybridized carbons (Fsp3) is 0.562. The van der Waals surface area contributed by atoms with Crippen LogP contribution in [0.2, 0.25) is 0 Å². The van der Waals surface area contributed by atoms with Gasteiger partial charge in [0.25, 0.3) is 0 Å². The molecule has 0 aliphatic rings. The van der Waals surface area contributed by atoms with Gasteiger partial charge in [-0.3, -0.25) is 4.79 Å². The molecule has 0 radical (unpaired) electrons. The van der Waals surface area contributed by atoms with Crippen LogP contribution in [0, 0.1) is 11.7 Å². The highest BCUT2D eigenvalue weighted by Gasteiger charge is 2.25. The topological polar surface area (TPSA) is 55.1 Å². The van der Waals surface area contributed by atoms with Gasteiger partial charge in [-0.05, 0) is 43.5 Å². The second-order valence-electron chi connectivity index (χ2n) is 5.96. The van der Waals surface area contributed by atoms with E-state index < -0.39 is 0 Å². The van der Waals surface area contributed by atoms with Crippen LogP contribution in [0.4, 0.5) is 4.39 Å². The van der Waals surface area contributed by atoms with E-state index >= 15 is 0 Å². The molecule has 0 bridgehead atoms. The molecule has 6 heteroatoms. The minimum atomic E-state index is -0.341. The molecule has 1 unspecified atom stereocenters. The number of nitrogens with two attached hydrogens (primary N) is 1. The number of carbonyl (C=O) groups is 1. The summed E-state index contributed by atoms with van der Waals surface area (Å²) in [6.07, 6.45) is 1.29. The summed E-state index contributed by atoms with van der Waals surface area (Å²) in [6, 6.07) is 6.30. The lowest BCUT2D eigenvalue weighted by Crippen LogP contribution is -2.52. The molecule has 0 heterocycles. The van der Waals surface area contributed by atoms with Crippen molar-refractivity contribution >= 4 is 30.1 Å². The van der Waals surface area contributed by atoms with Crippen LogP contribution < -0.4 is 11.1 Å². The van der Waals surface area contributed by atoms with Crippen molar-refractivity contribution < 1.29 is 9.18 Å². The molecule has 0 aliphatic carbocycles. The van der Waals surface area contributed by atoms with E-state index in [-0.39, 0.29) is 29.7 Å². The fourth-order valence-electron chi connectivity index (χ4n) is 2.28. The molecule has 0 saturated heterocycles. The zero-order valence-corrected chi connectivity index (χ0v) is 15.0. The first-order valence-electron chi connectivity index (χ1n) is 7.24. The average molecular weight is 349 g/mol. The van der Waals surface area contributed by atoms with E-state index in [0.717, 1.165) is 11.3 Å². The van der Waals surface area contributed by atoms with Crippen LogP contribution in [0.5, 0.6) is 0 Å². The summed E-state index contributed by atoms with van der Waals surface area (Å²) < 4.78 is 12.8. The molecule has 1 aromatic carbocycles. The first kappa shape index (κ1) is 21.2. The molecular weight excluding hydrogens is 323 g/mol. The lowest BCUT2D eigenvalue weighted by Gasteiger charge is -2.31. The van der Waals surface area contributed by atoms with Crippen LogP contribution in [0.25, 0.3) is 0 Å². The van der Waals surface area contributed by atoms with Crippen molar-refractivity contribution in [2.45, 2.75) is 44.0 Å². The molecule has 22 heavy (non-hydrogen) atoms. The lowest BCUT2D eigenvalue weighted by molar-refractivity contribution is -0.122. The number of thioether (sulfide) groups is 1. The highest BCUT2D eigenvalue weighted by atomic mass is 35.5. The smallest absolute Gasteiger partial charge is 0.221 e. The monoisotopic (exact) mass is 348 g/mol. The quantitative estimate of drug-likeness (QED) is 0.705. The summed E-state index contributed by atoms with van der Waals surface area (Å²) in [4.78, 5) is 13.0. The van der Waals surface area contributed by atoms with Gasteiger partial charge in [0.2, 0.25) is 5.91 Å². The van der Waals surface area contributed by atoms with Crippen LogP contribution in [-0.4, -0.2) is 23.7 Å². The zero-order chi connectivity index (χ0) is 15.9. The molecule has 3 N–H and O–H groups in total. The normalized spacial score (nSPS) is 13.4. The maximum atomic E-state index is 12.8. The van der Waals surface area contributed by atoms with Gasteiger partial charge in [-0.15, -0.1) is 24.2 Å². The van der Waals surface area contributed by atoms with Crippen LogP contribution in [0.15, 0.2) is 29.2 Å². The van der Waals surface area contributed by atoms with Crippen LogP contribution in [0.1, 0.15) is 33.6 Å². The summed E-state index contributed by atoms with van der Waals surface area (Å²) in [6.45, 7) is 6.65. The molecule has 1 rings (SSSR count). The Morgan fingerprint density at radius 3 is 2.45 bits per heavy atom. The van der Waals surface area contributed by atoms with Crippen molar-refractivity contribution in [1.82, 2.24) is 5.32 Å². The number of carbonyl (C=O) groups excluding carboxylic acids is 1. The van der Waals surface area contributed by atoms with Crippen LogP contribution in [-0.2, 0) is 4.79 Å². The van der Waals surface area contributed by atoms with Gasteiger partial charge in [0.05, 0.1) is 0 Å². The van der Waals surface area contributed by atoms with E-state index in [1.165, 1.54) is 12.1 Å². The summed E-state index contributed by atoms with van der Waals surface area (Å²) in [5.41, 5.74) is 5.44. The molecule has 0 aliphatic heterocycles. The maximum absolute atomic E-state index is 12.8. The summed E-state index contributed by atoms with van der Waals surface area (Å²) in [5.74, 6) is 0.912. The minimum Gasteiger partial charge on any atom is -0.350 e. The van der Waals surface area contributed by atoms with E-state index in [1.807, 2.05) is 6.92 Å².